The van der Waals surface area contributed by atoms with Crippen molar-refractivity contribution in [3.63, 3.8) is 0 Å². The molecule has 2 aromatic carbocycles. The largest absolute Gasteiger partial charge is 0.496 e. The summed E-state index contributed by atoms with van der Waals surface area (Å²) in [5, 5.41) is 2.49. The van der Waals surface area contributed by atoms with Crippen molar-refractivity contribution in [3.05, 3.63) is 59.7 Å². The Kier molecular flexibility index (Phi) is 4.45. The molecule has 0 aromatic heterocycles. The maximum atomic E-state index is 13.7. The molecule has 0 aliphatic rings. The summed E-state index contributed by atoms with van der Waals surface area (Å²) in [6.45, 7) is 3.42. The lowest BCUT2D eigenvalue weighted by Gasteiger charge is -2.26. The third-order valence-corrected chi connectivity index (χ3v) is 3.53. The molecule has 0 bridgehead atoms. The molecule has 2 rings (SSSR count). The minimum atomic E-state index is -0.951. The molecule has 0 aliphatic carbocycles. The zero-order chi connectivity index (χ0) is 16.3. The fourth-order valence-corrected chi connectivity index (χ4v) is 2.15. The minimum Gasteiger partial charge on any atom is -0.496 e. The maximum Gasteiger partial charge on any atom is 0.234 e. The number of anilines is 1. The van der Waals surface area contributed by atoms with E-state index >= 15 is 0 Å². The lowest BCUT2D eigenvalue weighted by Crippen LogP contribution is -2.35. The Labute approximate surface area is 127 Å². The molecule has 0 spiro atoms. The molecule has 1 N–H and O–H groups in total. The van der Waals surface area contributed by atoms with Gasteiger partial charge in [0.15, 0.2) is 0 Å². The van der Waals surface area contributed by atoms with Crippen LogP contribution in [0.5, 0.6) is 5.75 Å². The first-order chi connectivity index (χ1) is 10.4. The average Bonchev–Trinajstić information content (AvgIpc) is 2.49. The van der Waals surface area contributed by atoms with Crippen LogP contribution >= 0.6 is 0 Å². The second-order valence-electron chi connectivity index (χ2n) is 5.40. The number of para-hydroxylation sites is 1. The van der Waals surface area contributed by atoms with Crippen molar-refractivity contribution in [2.75, 3.05) is 12.4 Å². The van der Waals surface area contributed by atoms with Crippen LogP contribution < -0.4 is 10.1 Å². The monoisotopic (exact) mass is 305 g/mol. The molecule has 116 valence electrons. The van der Waals surface area contributed by atoms with Crippen molar-refractivity contribution in [3.8, 4) is 5.75 Å². The summed E-state index contributed by atoms with van der Waals surface area (Å²) in [6.07, 6.45) is 0. The van der Waals surface area contributed by atoms with Crippen LogP contribution in [0.2, 0.25) is 0 Å². The molecule has 2 aromatic rings. The van der Waals surface area contributed by atoms with Gasteiger partial charge in [0.1, 0.15) is 17.4 Å². The van der Waals surface area contributed by atoms with Crippen molar-refractivity contribution in [2.45, 2.75) is 19.3 Å². The summed E-state index contributed by atoms with van der Waals surface area (Å²) in [4.78, 5) is 12.5. The van der Waals surface area contributed by atoms with Gasteiger partial charge in [0, 0.05) is 11.6 Å². The van der Waals surface area contributed by atoms with Crippen molar-refractivity contribution in [1.29, 1.82) is 0 Å². The summed E-state index contributed by atoms with van der Waals surface area (Å²) in [5.74, 6) is -1.35. The molecule has 0 saturated carbocycles. The predicted molar refractivity (Wildman–Crippen MR) is 81.0 cm³/mol. The number of carbonyl (C=O) groups is 1. The molecule has 0 fully saturated rings. The first kappa shape index (κ1) is 15.9. The molecule has 22 heavy (non-hydrogen) atoms. The molecular weight excluding hydrogens is 288 g/mol. The van der Waals surface area contributed by atoms with Crippen LogP contribution in [-0.2, 0) is 10.2 Å². The van der Waals surface area contributed by atoms with Gasteiger partial charge < -0.3 is 10.1 Å². The highest BCUT2D eigenvalue weighted by molar-refractivity contribution is 5.99. The van der Waals surface area contributed by atoms with E-state index in [1.807, 2.05) is 0 Å². The van der Waals surface area contributed by atoms with E-state index in [4.69, 9.17) is 4.74 Å². The van der Waals surface area contributed by atoms with E-state index in [2.05, 4.69) is 5.32 Å². The zero-order valence-corrected chi connectivity index (χ0v) is 12.6. The smallest absolute Gasteiger partial charge is 0.234 e. The summed E-state index contributed by atoms with van der Waals surface area (Å²) < 4.78 is 31.8. The predicted octanol–water partition coefficient (Wildman–Crippen LogP) is 3.89. The van der Waals surface area contributed by atoms with Crippen LogP contribution in [0, 0.1) is 11.6 Å². The second-order valence-corrected chi connectivity index (χ2v) is 5.40. The number of amides is 1. The van der Waals surface area contributed by atoms with Gasteiger partial charge in [-0.3, -0.25) is 4.79 Å². The Morgan fingerprint density at radius 3 is 2.45 bits per heavy atom. The number of benzene rings is 2. The number of carbonyl (C=O) groups excluding carboxylic acids is 1. The van der Waals surface area contributed by atoms with Crippen LogP contribution in [-0.4, -0.2) is 13.0 Å². The first-order valence-corrected chi connectivity index (χ1v) is 6.76. The van der Waals surface area contributed by atoms with Gasteiger partial charge in [0.05, 0.1) is 18.2 Å². The van der Waals surface area contributed by atoms with Gasteiger partial charge in [-0.15, -0.1) is 0 Å². The van der Waals surface area contributed by atoms with Crippen molar-refractivity contribution >= 4 is 11.6 Å². The van der Waals surface area contributed by atoms with Gasteiger partial charge in [0.2, 0.25) is 5.91 Å². The third-order valence-electron chi connectivity index (χ3n) is 3.53. The summed E-state index contributed by atoms with van der Waals surface area (Å²) in [5.41, 5.74) is -0.333. The highest BCUT2D eigenvalue weighted by Crippen LogP contribution is 2.32. The highest BCUT2D eigenvalue weighted by Gasteiger charge is 2.33. The van der Waals surface area contributed by atoms with E-state index in [9.17, 15) is 13.6 Å². The van der Waals surface area contributed by atoms with Crippen LogP contribution in [0.1, 0.15) is 19.4 Å². The van der Waals surface area contributed by atoms with Crippen LogP contribution in [0.15, 0.2) is 42.5 Å². The van der Waals surface area contributed by atoms with Crippen molar-refractivity contribution in [2.24, 2.45) is 0 Å². The first-order valence-electron chi connectivity index (χ1n) is 6.76. The second kappa shape index (κ2) is 6.13. The fourth-order valence-electron chi connectivity index (χ4n) is 2.15. The molecule has 0 aliphatic heterocycles. The average molecular weight is 305 g/mol. The number of nitrogens with one attached hydrogen (secondary N) is 1. The van der Waals surface area contributed by atoms with Gasteiger partial charge in [0.25, 0.3) is 0 Å². The number of hydrogen-bond donors (Lipinski definition) is 1. The zero-order valence-electron chi connectivity index (χ0n) is 12.6. The van der Waals surface area contributed by atoms with Crippen molar-refractivity contribution in [1.82, 2.24) is 0 Å². The maximum absolute atomic E-state index is 13.7. The van der Waals surface area contributed by atoms with E-state index in [1.165, 1.54) is 13.2 Å². The minimum absolute atomic E-state index is 0.0608. The number of methoxy groups -OCH3 is 1. The number of ether oxygens (including phenoxy) is 1. The van der Waals surface area contributed by atoms with E-state index < -0.39 is 23.0 Å². The van der Waals surface area contributed by atoms with Gasteiger partial charge >= 0.3 is 0 Å². The number of rotatable bonds is 4. The van der Waals surface area contributed by atoms with Gasteiger partial charge in [-0.2, -0.15) is 0 Å². The molecule has 0 unspecified atom stereocenters. The van der Waals surface area contributed by atoms with Crippen LogP contribution in [0.3, 0.4) is 0 Å². The third kappa shape index (κ3) is 3.08. The van der Waals surface area contributed by atoms with Crippen molar-refractivity contribution < 1.29 is 18.3 Å². The Morgan fingerprint density at radius 1 is 1.14 bits per heavy atom. The molecule has 0 heterocycles. The molecule has 0 atom stereocenters. The lowest BCUT2D eigenvalue weighted by atomic mass is 9.83. The molecule has 0 radical (unpaired) electrons. The van der Waals surface area contributed by atoms with E-state index in [0.717, 1.165) is 12.1 Å². The Balaban J connectivity index is 2.31. The number of halogens is 2. The quantitative estimate of drug-likeness (QED) is 0.930. The Morgan fingerprint density at radius 2 is 1.82 bits per heavy atom. The molecular formula is C17H17F2NO2. The van der Waals surface area contributed by atoms with E-state index in [1.54, 1.807) is 38.1 Å². The summed E-state index contributed by atoms with van der Waals surface area (Å²) in [7, 11) is 1.52. The van der Waals surface area contributed by atoms with Gasteiger partial charge in [-0.1, -0.05) is 18.2 Å². The molecule has 1 amide bonds. The summed E-state index contributed by atoms with van der Waals surface area (Å²) in [6, 6.07) is 10.1. The topological polar surface area (TPSA) is 38.3 Å². The van der Waals surface area contributed by atoms with E-state index in [0.29, 0.717) is 11.3 Å². The normalized spacial score (nSPS) is 11.1. The Hall–Kier alpha value is -2.43. The van der Waals surface area contributed by atoms with E-state index in [-0.39, 0.29) is 5.69 Å². The molecule has 3 nitrogen and oxygen atoms in total. The SMILES string of the molecule is COc1ccccc1C(C)(C)C(=O)Nc1ccc(F)cc1F. The molecule has 5 heteroatoms. The fraction of sp³-hybridized carbons (Fsp3) is 0.235. The van der Waals surface area contributed by atoms with Gasteiger partial charge in [-0.25, -0.2) is 8.78 Å². The van der Waals surface area contributed by atoms with Crippen LogP contribution in [0.25, 0.3) is 0 Å². The Bertz CT molecular complexity index is 699. The number of hydrogen-bond acceptors (Lipinski definition) is 2. The molecule has 0 saturated heterocycles. The van der Waals surface area contributed by atoms with Crippen LogP contribution in [0.4, 0.5) is 14.5 Å². The lowest BCUT2D eigenvalue weighted by molar-refractivity contribution is -0.120. The van der Waals surface area contributed by atoms with Gasteiger partial charge in [-0.05, 0) is 32.0 Å². The standard InChI is InChI=1S/C17H17F2NO2/c1-17(2,12-6-4-5-7-15(12)22-3)16(21)20-14-9-8-11(18)10-13(14)19/h4-10H,1-3H3,(H,20,21). The highest BCUT2D eigenvalue weighted by atomic mass is 19.1. The summed E-state index contributed by atoms with van der Waals surface area (Å²) >= 11 is 0.